The summed E-state index contributed by atoms with van der Waals surface area (Å²) in [6.07, 6.45) is 3.80. The summed E-state index contributed by atoms with van der Waals surface area (Å²) >= 11 is 0. The minimum absolute atomic E-state index is 0.0482. The third kappa shape index (κ3) is 3.31. The molecule has 0 bridgehead atoms. The molecule has 0 unspecified atom stereocenters. The molecule has 100 valence electrons. The lowest BCUT2D eigenvalue weighted by Crippen LogP contribution is -2.30. The Morgan fingerprint density at radius 2 is 2.21 bits per heavy atom. The highest BCUT2D eigenvalue weighted by Crippen LogP contribution is 2.06. The van der Waals surface area contributed by atoms with Gasteiger partial charge in [-0.1, -0.05) is 6.07 Å². The zero-order valence-corrected chi connectivity index (χ0v) is 10.6. The minimum atomic E-state index is -0.910. The highest BCUT2D eigenvalue weighted by Gasteiger charge is 2.13. The molecule has 2 heterocycles. The normalized spacial score (nSPS) is 10.6. The first-order valence-corrected chi connectivity index (χ1v) is 5.94. The van der Waals surface area contributed by atoms with Gasteiger partial charge in [0, 0.05) is 26.0 Å². The average Bonchev–Trinajstić information content (AvgIpc) is 2.77. The number of nitrogens with zero attached hydrogens (tertiary/aromatic N) is 3. The summed E-state index contributed by atoms with van der Waals surface area (Å²) in [5, 5.41) is 8.58. The second kappa shape index (κ2) is 5.51. The van der Waals surface area contributed by atoms with E-state index in [9.17, 15) is 9.59 Å². The van der Waals surface area contributed by atoms with Crippen LogP contribution in [0.2, 0.25) is 0 Å². The molecule has 1 N–H and O–H groups in total. The van der Waals surface area contributed by atoms with Crippen molar-refractivity contribution >= 4 is 17.5 Å². The number of carbonyl (C=O) groups excluding carboxylic acids is 1. The van der Waals surface area contributed by atoms with Crippen LogP contribution in [0.4, 0.5) is 0 Å². The van der Waals surface area contributed by atoms with Gasteiger partial charge in [-0.3, -0.25) is 9.59 Å². The Morgan fingerprint density at radius 1 is 1.42 bits per heavy atom. The first-order chi connectivity index (χ1) is 9.06. The number of aromatic nitrogens is 2. The molecule has 0 spiro atoms. The summed E-state index contributed by atoms with van der Waals surface area (Å²) in [5.74, 6) is -1.04. The molecule has 0 radical (unpaired) electrons. The molecule has 0 aliphatic heterocycles. The lowest BCUT2D eigenvalue weighted by molar-refractivity contribution is -0.138. The van der Waals surface area contributed by atoms with Crippen LogP contribution in [0.3, 0.4) is 0 Å². The van der Waals surface area contributed by atoms with Gasteiger partial charge in [-0.2, -0.15) is 0 Å². The van der Waals surface area contributed by atoms with Gasteiger partial charge in [0.15, 0.2) is 0 Å². The number of fused-ring (bicyclic) bond motifs is 1. The predicted molar refractivity (Wildman–Crippen MR) is 68.8 cm³/mol. The van der Waals surface area contributed by atoms with Gasteiger partial charge in [-0.05, 0) is 12.1 Å². The molecular formula is C13H15N3O3. The van der Waals surface area contributed by atoms with Gasteiger partial charge in [0.25, 0.3) is 0 Å². The number of carbonyl (C=O) groups is 2. The fraction of sp³-hybridized carbons (Fsp3) is 0.308. The Kier molecular flexibility index (Phi) is 3.79. The third-order valence-electron chi connectivity index (χ3n) is 2.83. The van der Waals surface area contributed by atoms with E-state index in [1.165, 1.54) is 4.90 Å². The maximum absolute atomic E-state index is 11.9. The quantitative estimate of drug-likeness (QED) is 0.864. The molecule has 2 aromatic rings. The Morgan fingerprint density at radius 3 is 2.89 bits per heavy atom. The number of carboxylic acid groups (broad SMARTS) is 1. The van der Waals surface area contributed by atoms with E-state index in [0.717, 1.165) is 5.65 Å². The van der Waals surface area contributed by atoms with Gasteiger partial charge in [0.1, 0.15) is 5.65 Å². The zero-order valence-electron chi connectivity index (χ0n) is 10.6. The van der Waals surface area contributed by atoms with E-state index in [1.807, 2.05) is 28.8 Å². The summed E-state index contributed by atoms with van der Waals surface area (Å²) in [7, 11) is 1.60. The van der Waals surface area contributed by atoms with Crippen LogP contribution in [-0.2, 0) is 16.0 Å². The van der Waals surface area contributed by atoms with Crippen molar-refractivity contribution in [2.45, 2.75) is 12.8 Å². The van der Waals surface area contributed by atoms with Crippen molar-refractivity contribution in [2.24, 2.45) is 0 Å². The first kappa shape index (κ1) is 13.1. The van der Waals surface area contributed by atoms with Crippen molar-refractivity contribution in [3.63, 3.8) is 0 Å². The molecule has 0 aromatic carbocycles. The summed E-state index contributed by atoms with van der Waals surface area (Å²) in [4.78, 5) is 28.1. The largest absolute Gasteiger partial charge is 0.481 e. The van der Waals surface area contributed by atoms with E-state index in [-0.39, 0.29) is 25.3 Å². The van der Waals surface area contributed by atoms with Gasteiger partial charge >= 0.3 is 5.97 Å². The van der Waals surface area contributed by atoms with E-state index >= 15 is 0 Å². The molecule has 1 amide bonds. The molecule has 6 nitrogen and oxygen atoms in total. The first-order valence-electron chi connectivity index (χ1n) is 5.94. The van der Waals surface area contributed by atoms with Crippen molar-refractivity contribution in [3.8, 4) is 0 Å². The fourth-order valence-corrected chi connectivity index (χ4v) is 1.75. The van der Waals surface area contributed by atoms with Crippen molar-refractivity contribution in [3.05, 3.63) is 36.3 Å². The summed E-state index contributed by atoms with van der Waals surface area (Å²) < 4.78 is 1.85. The monoisotopic (exact) mass is 261 g/mol. The van der Waals surface area contributed by atoms with Crippen LogP contribution >= 0.6 is 0 Å². The van der Waals surface area contributed by atoms with Crippen LogP contribution < -0.4 is 0 Å². The molecule has 0 atom stereocenters. The lowest BCUT2D eigenvalue weighted by atomic mass is 10.3. The number of hydrogen-bond acceptors (Lipinski definition) is 3. The van der Waals surface area contributed by atoms with E-state index in [1.54, 1.807) is 13.2 Å². The van der Waals surface area contributed by atoms with Crippen LogP contribution in [0.5, 0.6) is 0 Å². The number of imidazole rings is 1. The van der Waals surface area contributed by atoms with E-state index < -0.39 is 5.97 Å². The SMILES string of the molecule is CN(CCC(=O)O)C(=O)Cc1cn2ccccc2n1. The molecule has 19 heavy (non-hydrogen) atoms. The summed E-state index contributed by atoms with van der Waals surface area (Å²) in [6, 6.07) is 5.63. The third-order valence-corrected chi connectivity index (χ3v) is 2.83. The van der Waals surface area contributed by atoms with E-state index in [4.69, 9.17) is 5.11 Å². The van der Waals surface area contributed by atoms with Crippen LogP contribution in [0.1, 0.15) is 12.1 Å². The minimum Gasteiger partial charge on any atom is -0.481 e. The Balaban J connectivity index is 2.00. The van der Waals surface area contributed by atoms with Gasteiger partial charge in [-0.15, -0.1) is 0 Å². The van der Waals surface area contributed by atoms with Crippen LogP contribution in [0.25, 0.3) is 5.65 Å². The number of rotatable bonds is 5. The van der Waals surface area contributed by atoms with Crippen molar-refractivity contribution in [1.82, 2.24) is 14.3 Å². The molecule has 0 saturated heterocycles. The molecule has 0 aliphatic carbocycles. The topological polar surface area (TPSA) is 74.9 Å². The molecule has 2 aromatic heterocycles. The number of hydrogen-bond donors (Lipinski definition) is 1. The highest BCUT2D eigenvalue weighted by molar-refractivity contribution is 5.78. The smallest absolute Gasteiger partial charge is 0.305 e. The van der Waals surface area contributed by atoms with Gasteiger partial charge < -0.3 is 14.4 Å². The molecule has 6 heteroatoms. The van der Waals surface area contributed by atoms with Gasteiger partial charge in [0.05, 0.1) is 18.5 Å². The van der Waals surface area contributed by atoms with Gasteiger partial charge in [-0.25, -0.2) is 4.98 Å². The molecule has 0 aliphatic rings. The van der Waals surface area contributed by atoms with Crippen LogP contribution in [0.15, 0.2) is 30.6 Å². The molecular weight excluding hydrogens is 246 g/mol. The van der Waals surface area contributed by atoms with E-state index in [2.05, 4.69) is 4.98 Å². The molecule has 2 rings (SSSR count). The second-order valence-electron chi connectivity index (χ2n) is 4.33. The van der Waals surface area contributed by atoms with Gasteiger partial charge in [0.2, 0.25) is 5.91 Å². The number of likely N-dealkylation sites (N-methyl/N-ethyl adjacent to an activating group) is 1. The average molecular weight is 261 g/mol. The van der Waals surface area contributed by atoms with Crippen molar-refractivity contribution in [2.75, 3.05) is 13.6 Å². The van der Waals surface area contributed by atoms with E-state index in [0.29, 0.717) is 5.69 Å². The van der Waals surface area contributed by atoms with Crippen LogP contribution in [0, 0.1) is 0 Å². The molecule has 0 saturated carbocycles. The number of aliphatic carboxylic acids is 1. The molecule has 0 fully saturated rings. The summed E-state index contributed by atoms with van der Waals surface area (Å²) in [5.41, 5.74) is 1.47. The van der Waals surface area contributed by atoms with Crippen molar-refractivity contribution < 1.29 is 14.7 Å². The number of pyridine rings is 1. The maximum Gasteiger partial charge on any atom is 0.305 e. The maximum atomic E-state index is 11.9. The number of carboxylic acids is 1. The number of amides is 1. The fourth-order valence-electron chi connectivity index (χ4n) is 1.75. The van der Waals surface area contributed by atoms with Crippen molar-refractivity contribution in [1.29, 1.82) is 0 Å². The van der Waals surface area contributed by atoms with Crippen LogP contribution in [-0.4, -0.2) is 44.9 Å². The Bertz CT molecular complexity index is 573. The Labute approximate surface area is 110 Å². The predicted octanol–water partition coefficient (Wildman–Crippen LogP) is 0.810. The second-order valence-corrected chi connectivity index (χ2v) is 4.33. The standard InChI is InChI=1S/C13H15N3O3/c1-15(7-5-13(18)19)12(17)8-10-9-16-6-3-2-4-11(16)14-10/h2-4,6,9H,5,7-8H2,1H3,(H,18,19). The lowest BCUT2D eigenvalue weighted by Gasteiger charge is -2.14. The zero-order chi connectivity index (χ0) is 13.8. The summed E-state index contributed by atoms with van der Waals surface area (Å²) in [6.45, 7) is 0.210. The Hall–Kier alpha value is -2.37. The highest BCUT2D eigenvalue weighted by atomic mass is 16.4.